The second-order valence-corrected chi connectivity index (χ2v) is 11.1. The molecule has 0 spiro atoms. The number of nitrogens with one attached hydrogen (secondary N) is 2. The molecule has 10 nitrogen and oxygen atoms in total. The molecular formula is C23H38BN5O5. The number of ether oxygens (including phenoxy) is 1. The molecule has 0 unspecified atom stereocenters. The van der Waals surface area contributed by atoms with E-state index in [9.17, 15) is 9.59 Å². The average Bonchev–Trinajstić information content (AvgIpc) is 3.26. The summed E-state index contributed by atoms with van der Waals surface area (Å²) < 4.78 is 17.3. The summed E-state index contributed by atoms with van der Waals surface area (Å²) in [7, 11) is -0.489. The molecule has 2 saturated heterocycles. The first kappa shape index (κ1) is 26.2. The Labute approximate surface area is 202 Å². The van der Waals surface area contributed by atoms with Crippen molar-refractivity contribution < 1.29 is 23.6 Å². The number of amides is 2. The molecule has 2 fully saturated rings. The molecule has 2 aliphatic heterocycles. The zero-order valence-corrected chi connectivity index (χ0v) is 21.6. The molecule has 0 aromatic carbocycles. The average molecular weight is 475 g/mol. The van der Waals surface area contributed by atoms with Crippen LogP contribution in [0.3, 0.4) is 0 Å². The van der Waals surface area contributed by atoms with Gasteiger partial charge in [-0.25, -0.2) is 14.8 Å². The van der Waals surface area contributed by atoms with Gasteiger partial charge in [-0.2, -0.15) is 0 Å². The first-order valence-corrected chi connectivity index (χ1v) is 11.9. The van der Waals surface area contributed by atoms with Gasteiger partial charge in [0, 0.05) is 37.5 Å². The Kier molecular flexibility index (Phi) is 7.47. The van der Waals surface area contributed by atoms with Gasteiger partial charge in [-0.3, -0.25) is 4.79 Å². The Balaban J connectivity index is 1.46. The van der Waals surface area contributed by atoms with Gasteiger partial charge in [0.05, 0.1) is 11.2 Å². The highest BCUT2D eigenvalue weighted by Gasteiger charge is 2.52. The SMILES string of the molecule is C[C@H](NC(=O)OC(C)(C)C)C(=O)NC[C@@H]1CCN(c2ncc(B3OC(C)(C)C(C)(C)O3)cn2)C1. The lowest BCUT2D eigenvalue weighted by Crippen LogP contribution is -2.47. The summed E-state index contributed by atoms with van der Waals surface area (Å²) in [6.07, 6.45) is 3.81. The van der Waals surface area contributed by atoms with Crippen LogP contribution in [0.15, 0.2) is 12.4 Å². The van der Waals surface area contributed by atoms with Gasteiger partial charge in [0.25, 0.3) is 0 Å². The number of hydrogen-bond acceptors (Lipinski definition) is 8. The molecule has 1 aromatic heterocycles. The molecule has 188 valence electrons. The van der Waals surface area contributed by atoms with Crippen LogP contribution < -0.4 is 21.0 Å². The van der Waals surface area contributed by atoms with Crippen LogP contribution in [0.25, 0.3) is 0 Å². The maximum Gasteiger partial charge on any atom is 0.498 e. The zero-order chi connectivity index (χ0) is 25.3. The molecule has 0 saturated carbocycles. The fourth-order valence-corrected chi connectivity index (χ4v) is 3.72. The second-order valence-electron chi connectivity index (χ2n) is 11.1. The third-order valence-electron chi connectivity index (χ3n) is 6.44. The molecule has 11 heteroatoms. The Bertz CT molecular complexity index is 871. The van der Waals surface area contributed by atoms with Crippen molar-refractivity contribution in [1.29, 1.82) is 0 Å². The van der Waals surface area contributed by atoms with E-state index in [1.165, 1.54) is 0 Å². The number of nitrogens with zero attached hydrogens (tertiary/aromatic N) is 3. The van der Waals surface area contributed by atoms with E-state index < -0.39 is 36.1 Å². The lowest BCUT2D eigenvalue weighted by Gasteiger charge is -2.32. The lowest BCUT2D eigenvalue weighted by molar-refractivity contribution is -0.122. The summed E-state index contributed by atoms with van der Waals surface area (Å²) in [4.78, 5) is 35.4. The number of aromatic nitrogens is 2. The van der Waals surface area contributed by atoms with Gasteiger partial charge in [0.2, 0.25) is 11.9 Å². The third-order valence-corrected chi connectivity index (χ3v) is 6.44. The summed E-state index contributed by atoms with van der Waals surface area (Å²) in [5, 5.41) is 5.48. The lowest BCUT2D eigenvalue weighted by atomic mass is 9.81. The van der Waals surface area contributed by atoms with Crippen LogP contribution in [0.4, 0.5) is 10.7 Å². The Morgan fingerprint density at radius 1 is 1.21 bits per heavy atom. The van der Waals surface area contributed by atoms with Gasteiger partial charge in [0.15, 0.2) is 0 Å². The summed E-state index contributed by atoms with van der Waals surface area (Å²) in [6, 6.07) is -0.682. The number of carbonyl (C=O) groups excluding carboxylic acids is 2. The third kappa shape index (κ3) is 6.38. The van der Waals surface area contributed by atoms with Gasteiger partial charge in [-0.05, 0) is 67.7 Å². The van der Waals surface area contributed by atoms with Crippen molar-refractivity contribution in [1.82, 2.24) is 20.6 Å². The molecule has 3 rings (SSSR count). The van der Waals surface area contributed by atoms with Crippen molar-refractivity contribution in [3.05, 3.63) is 12.4 Å². The maximum atomic E-state index is 12.4. The standard InChI is InChI=1S/C23H38BN5O5/c1-15(28-20(31)32-21(2,3)4)18(30)25-11-16-9-10-29(14-16)19-26-12-17(13-27-19)24-33-22(5,6)23(7,8)34-24/h12-13,15-16H,9-11,14H2,1-8H3,(H,25,30)(H,28,31)/t15-,16-/m0/s1. The largest absolute Gasteiger partial charge is 0.498 e. The van der Waals surface area contributed by atoms with E-state index in [2.05, 4.69) is 25.5 Å². The molecule has 2 aliphatic rings. The Hall–Kier alpha value is -2.40. The number of rotatable bonds is 6. The number of hydrogen-bond donors (Lipinski definition) is 2. The van der Waals surface area contributed by atoms with Crippen molar-refractivity contribution in [3.8, 4) is 0 Å². The van der Waals surface area contributed by atoms with Crippen LogP contribution in [0.1, 0.15) is 61.8 Å². The monoisotopic (exact) mass is 475 g/mol. The van der Waals surface area contributed by atoms with E-state index in [-0.39, 0.29) is 11.8 Å². The van der Waals surface area contributed by atoms with Gasteiger partial charge in [0.1, 0.15) is 11.6 Å². The zero-order valence-electron chi connectivity index (χ0n) is 21.6. The first-order chi connectivity index (χ1) is 15.7. The second kappa shape index (κ2) is 9.69. The van der Waals surface area contributed by atoms with Crippen molar-refractivity contribution in [3.63, 3.8) is 0 Å². The summed E-state index contributed by atoms with van der Waals surface area (Å²) in [5.74, 6) is 0.672. The van der Waals surface area contributed by atoms with E-state index >= 15 is 0 Å². The molecule has 2 amide bonds. The Morgan fingerprint density at radius 3 is 2.35 bits per heavy atom. The highest BCUT2D eigenvalue weighted by molar-refractivity contribution is 6.61. The van der Waals surface area contributed by atoms with Crippen LogP contribution in [-0.2, 0) is 18.8 Å². The van der Waals surface area contributed by atoms with E-state index in [1.807, 2.05) is 27.7 Å². The molecule has 3 heterocycles. The van der Waals surface area contributed by atoms with Crippen LogP contribution in [0.5, 0.6) is 0 Å². The van der Waals surface area contributed by atoms with Crippen LogP contribution in [-0.4, -0.2) is 71.6 Å². The van der Waals surface area contributed by atoms with E-state index in [0.29, 0.717) is 12.5 Å². The minimum absolute atomic E-state index is 0.243. The highest BCUT2D eigenvalue weighted by Crippen LogP contribution is 2.36. The summed E-state index contributed by atoms with van der Waals surface area (Å²) in [5.41, 5.74) is -0.652. The normalized spacial score (nSPS) is 22.4. The van der Waals surface area contributed by atoms with Crippen LogP contribution in [0, 0.1) is 5.92 Å². The molecule has 0 bridgehead atoms. The maximum absolute atomic E-state index is 12.4. The molecule has 1 aromatic rings. The van der Waals surface area contributed by atoms with Gasteiger partial charge in [-0.15, -0.1) is 0 Å². The van der Waals surface area contributed by atoms with E-state index in [1.54, 1.807) is 40.1 Å². The predicted octanol–water partition coefficient (Wildman–Crippen LogP) is 1.63. The fraction of sp³-hybridized carbons (Fsp3) is 0.739. The van der Waals surface area contributed by atoms with Crippen molar-refractivity contribution in [2.75, 3.05) is 24.5 Å². The van der Waals surface area contributed by atoms with Crippen molar-refractivity contribution >= 4 is 30.5 Å². The Morgan fingerprint density at radius 2 is 1.79 bits per heavy atom. The molecule has 2 N–H and O–H groups in total. The minimum Gasteiger partial charge on any atom is -0.444 e. The molecular weight excluding hydrogens is 437 g/mol. The van der Waals surface area contributed by atoms with Crippen LogP contribution >= 0.6 is 0 Å². The van der Waals surface area contributed by atoms with Crippen molar-refractivity contribution in [2.24, 2.45) is 5.92 Å². The van der Waals surface area contributed by atoms with E-state index in [4.69, 9.17) is 14.0 Å². The van der Waals surface area contributed by atoms with Crippen LogP contribution in [0.2, 0.25) is 0 Å². The fourth-order valence-electron chi connectivity index (χ4n) is 3.72. The highest BCUT2D eigenvalue weighted by atomic mass is 16.7. The molecule has 2 atom stereocenters. The smallest absolute Gasteiger partial charge is 0.444 e. The molecule has 34 heavy (non-hydrogen) atoms. The van der Waals surface area contributed by atoms with Gasteiger partial charge < -0.3 is 29.6 Å². The predicted molar refractivity (Wildman–Crippen MR) is 130 cm³/mol. The number of alkyl carbamates (subject to hydrolysis) is 1. The number of anilines is 1. The minimum atomic E-state index is -0.682. The van der Waals surface area contributed by atoms with Gasteiger partial charge >= 0.3 is 13.2 Å². The number of carbonyl (C=O) groups is 2. The molecule has 0 aliphatic carbocycles. The summed E-state index contributed by atoms with van der Waals surface area (Å²) >= 11 is 0. The first-order valence-electron chi connectivity index (χ1n) is 11.9. The van der Waals surface area contributed by atoms with E-state index in [0.717, 1.165) is 25.0 Å². The van der Waals surface area contributed by atoms with Crippen molar-refractivity contribution in [2.45, 2.75) is 84.7 Å². The molecule has 0 radical (unpaired) electrons. The quantitative estimate of drug-likeness (QED) is 0.597. The summed E-state index contributed by atoms with van der Waals surface area (Å²) in [6.45, 7) is 17.1. The van der Waals surface area contributed by atoms with Gasteiger partial charge in [-0.1, -0.05) is 0 Å². The topological polar surface area (TPSA) is 115 Å².